The highest BCUT2D eigenvalue weighted by Crippen LogP contribution is 2.41. The first-order valence-electron chi connectivity index (χ1n) is 30.4. The Bertz CT molecular complexity index is 3380. The third kappa shape index (κ3) is 13.2. The molecule has 4 aromatic heterocycles. The summed E-state index contributed by atoms with van der Waals surface area (Å²) in [4.78, 5) is 67.8. The summed E-state index contributed by atoms with van der Waals surface area (Å²) in [6, 6.07) is 22.8. The molecule has 88 heavy (non-hydrogen) atoms. The molecular weight excluding hydrogens is 1150 g/mol. The monoisotopic (exact) mass is 1220 g/mol. The number of hydrogen-bond donors (Lipinski definition) is 5. The second kappa shape index (κ2) is 25.3. The number of fused-ring (bicyclic) bond motifs is 1. The van der Waals surface area contributed by atoms with E-state index in [1.807, 2.05) is 24.0 Å². The van der Waals surface area contributed by atoms with Crippen molar-refractivity contribution in [2.24, 2.45) is 17.6 Å². The highest BCUT2D eigenvalue weighted by molar-refractivity contribution is 6.04. The topological polar surface area (TPSA) is 231 Å². The van der Waals surface area contributed by atoms with Gasteiger partial charge in [-0.1, -0.05) is 49.4 Å². The second-order valence-corrected chi connectivity index (χ2v) is 24.2. The normalized spacial score (nSPS) is 22.3. The lowest BCUT2D eigenvalue weighted by molar-refractivity contribution is -0.144. The quantitative estimate of drug-likeness (QED) is 0.0640. The fourth-order valence-electron chi connectivity index (χ4n) is 13.4. The number of carbonyl (C=O) groups excluding carboxylic acids is 3. The van der Waals surface area contributed by atoms with Crippen molar-refractivity contribution in [2.45, 2.75) is 107 Å². The van der Waals surface area contributed by atoms with E-state index in [0.717, 1.165) is 56.4 Å². The van der Waals surface area contributed by atoms with E-state index in [4.69, 9.17) is 14.6 Å². The Hall–Kier alpha value is -7.97. The number of pyridine rings is 2. The standard InChI is InChI=1S/C62H72F6N14O6/c1-37-5-4-22-82(36-37)60-76-54(62(66,67)68)52(88-60)57(85)73-45-17-19-49(71-35-45)78-27-31-80(32-28-78)58(86)50(83)42-14-12-39(13-15-42)38-8-10-40(11-9-38)41-20-23-81(24-21-41)59-75-53(61(63,64)65)51(87-59)56(84)72-44-16-18-48(70-34-44)77-25-29-79(30-26-77)55(69)47-33-43-6-2-3-7-46(43)74-47/h2-3,6-11,16-19,34-35,37,39,41-42,47,50,55,74,83H,4-5,12-15,20-33,36,69H2,1H3,(H,72,84)(H,73,85). The first-order chi connectivity index (χ1) is 42.3. The molecule has 2 aromatic carbocycles. The molecule has 4 atom stereocenters. The van der Waals surface area contributed by atoms with Crippen LogP contribution in [0.25, 0.3) is 0 Å². The molecule has 9 heterocycles. The minimum absolute atomic E-state index is 0.106. The zero-order valence-electron chi connectivity index (χ0n) is 48.8. The van der Waals surface area contributed by atoms with Gasteiger partial charge in [-0.2, -0.15) is 36.3 Å². The lowest BCUT2D eigenvalue weighted by Gasteiger charge is -2.40. The number of rotatable bonds is 14. The largest absolute Gasteiger partial charge is 0.437 e. The second-order valence-electron chi connectivity index (χ2n) is 24.2. The number of halogens is 6. The van der Waals surface area contributed by atoms with Gasteiger partial charge in [0.1, 0.15) is 17.7 Å². The molecular formula is C62H72F6N14O6. The number of amides is 3. The number of benzene rings is 2. The summed E-state index contributed by atoms with van der Waals surface area (Å²) in [5, 5.41) is 19.9. The molecule has 3 amide bonds. The van der Waals surface area contributed by atoms with Crippen LogP contribution in [-0.2, 0) is 23.6 Å². The van der Waals surface area contributed by atoms with Crippen molar-refractivity contribution < 1.29 is 54.7 Å². The van der Waals surface area contributed by atoms with Gasteiger partial charge in [-0.15, -0.1) is 0 Å². The molecule has 26 heteroatoms. The van der Waals surface area contributed by atoms with Crippen LogP contribution in [0.15, 0.2) is 94.0 Å². The molecule has 1 aliphatic carbocycles. The predicted molar refractivity (Wildman–Crippen MR) is 317 cm³/mol. The Morgan fingerprint density at radius 3 is 1.66 bits per heavy atom. The number of alkyl halides is 6. The number of hydrogen-bond acceptors (Lipinski definition) is 17. The zero-order chi connectivity index (χ0) is 61.4. The van der Waals surface area contributed by atoms with Crippen LogP contribution < -0.4 is 41.3 Å². The summed E-state index contributed by atoms with van der Waals surface area (Å²) in [6.45, 7) is 8.01. The average molecular weight is 1220 g/mol. The molecule has 6 N–H and O–H groups in total. The van der Waals surface area contributed by atoms with Gasteiger partial charge in [0.05, 0.1) is 36.0 Å². The van der Waals surface area contributed by atoms with E-state index < -0.39 is 53.2 Å². The fourth-order valence-corrected chi connectivity index (χ4v) is 13.4. The number of anilines is 7. The van der Waals surface area contributed by atoms with Crippen LogP contribution in [0, 0.1) is 11.8 Å². The maximum atomic E-state index is 14.4. The fraction of sp³-hybridized carbons (Fsp3) is 0.500. The average Bonchev–Trinajstić information content (AvgIpc) is 2.25. The predicted octanol–water partition coefficient (Wildman–Crippen LogP) is 9.04. The van der Waals surface area contributed by atoms with Crippen molar-refractivity contribution in [3.05, 3.63) is 125 Å². The van der Waals surface area contributed by atoms with Crippen LogP contribution in [0.1, 0.15) is 119 Å². The Balaban J connectivity index is 0.569. The lowest BCUT2D eigenvalue weighted by atomic mass is 9.76. The van der Waals surface area contributed by atoms with Gasteiger partial charge in [0, 0.05) is 84.2 Å². The lowest BCUT2D eigenvalue weighted by Crippen LogP contribution is -2.58. The summed E-state index contributed by atoms with van der Waals surface area (Å²) in [6.07, 6.45) is -1.65. The number of aliphatic hydroxyl groups excluding tert-OH is 1. The first kappa shape index (κ1) is 60.3. The SMILES string of the molecule is CC1CCCN(c2nc(C(F)(F)F)c(C(=O)Nc3ccc(N4CCN(C(=O)C(O)C5CCC(c6ccc(C7CCN(c8nc(C(F)(F)F)c(C(=O)Nc9ccc(N%10CCN(C(N)C%11Cc%12ccccc%12N%11)CC%10)nc9)o8)CC7)cc6)CC5)CC4)nc3)o2)C1. The van der Waals surface area contributed by atoms with Crippen molar-refractivity contribution in [3.63, 3.8) is 0 Å². The first-order valence-corrected chi connectivity index (χ1v) is 30.4. The van der Waals surface area contributed by atoms with E-state index in [2.05, 4.69) is 82.1 Å². The van der Waals surface area contributed by atoms with Gasteiger partial charge >= 0.3 is 12.4 Å². The van der Waals surface area contributed by atoms with E-state index in [1.54, 1.807) is 32.9 Å². The number of aromatic nitrogens is 4. The van der Waals surface area contributed by atoms with E-state index >= 15 is 0 Å². The van der Waals surface area contributed by atoms with Crippen molar-refractivity contribution in [2.75, 3.05) is 114 Å². The molecule has 0 radical (unpaired) electrons. The number of oxazole rings is 2. The van der Waals surface area contributed by atoms with Gasteiger partial charge in [0.25, 0.3) is 29.8 Å². The molecule has 468 valence electrons. The molecule has 20 nitrogen and oxygen atoms in total. The Kier molecular flexibility index (Phi) is 17.3. The van der Waals surface area contributed by atoms with E-state index in [0.29, 0.717) is 103 Å². The van der Waals surface area contributed by atoms with Crippen LogP contribution in [0.3, 0.4) is 0 Å². The molecule has 12 rings (SSSR count). The molecule has 6 aliphatic rings. The number of piperazine rings is 2. The van der Waals surface area contributed by atoms with Crippen molar-refractivity contribution in [1.29, 1.82) is 0 Å². The Morgan fingerprint density at radius 1 is 0.625 bits per heavy atom. The van der Waals surface area contributed by atoms with Crippen molar-refractivity contribution in [3.8, 4) is 0 Å². The highest BCUT2D eigenvalue weighted by atomic mass is 19.4. The highest BCUT2D eigenvalue weighted by Gasteiger charge is 2.44. The Labute approximate surface area is 504 Å². The molecule has 1 saturated carbocycles. The summed E-state index contributed by atoms with van der Waals surface area (Å²) in [5.41, 5.74) is 8.93. The van der Waals surface area contributed by atoms with E-state index in [1.165, 1.54) is 29.6 Å². The third-order valence-corrected chi connectivity index (χ3v) is 18.4. The van der Waals surface area contributed by atoms with Gasteiger partial charge in [0.15, 0.2) is 11.4 Å². The minimum Gasteiger partial charge on any atom is -0.417 e. The number of aliphatic hydroxyl groups is 1. The summed E-state index contributed by atoms with van der Waals surface area (Å²) in [5.74, 6) is -2.68. The molecule has 5 fully saturated rings. The molecule has 5 aliphatic heterocycles. The molecule has 4 saturated heterocycles. The van der Waals surface area contributed by atoms with E-state index in [9.17, 15) is 45.8 Å². The van der Waals surface area contributed by atoms with Crippen molar-refractivity contribution >= 4 is 58.4 Å². The maximum Gasteiger partial charge on any atom is 0.437 e. The molecule has 0 bridgehead atoms. The summed E-state index contributed by atoms with van der Waals surface area (Å²) >= 11 is 0. The van der Waals surface area contributed by atoms with Gasteiger partial charge in [-0.3, -0.25) is 19.3 Å². The van der Waals surface area contributed by atoms with Crippen LogP contribution in [-0.4, -0.2) is 149 Å². The number of carbonyl (C=O) groups is 3. The number of nitrogens with one attached hydrogen (secondary N) is 3. The molecule has 0 spiro atoms. The van der Waals surface area contributed by atoms with Crippen LogP contribution in [0.5, 0.6) is 0 Å². The zero-order valence-corrected chi connectivity index (χ0v) is 48.8. The van der Waals surface area contributed by atoms with Gasteiger partial charge in [0.2, 0.25) is 11.5 Å². The smallest absolute Gasteiger partial charge is 0.417 e. The van der Waals surface area contributed by atoms with Gasteiger partial charge in [-0.25, -0.2) is 9.97 Å². The molecule has 6 aromatic rings. The number of nitrogens with two attached hydrogens (primary N) is 1. The molecule has 4 unspecified atom stereocenters. The number of nitrogens with zero attached hydrogens (tertiary/aromatic N) is 10. The third-order valence-electron chi connectivity index (χ3n) is 18.4. The Morgan fingerprint density at radius 2 is 1.15 bits per heavy atom. The summed E-state index contributed by atoms with van der Waals surface area (Å²) in [7, 11) is 0. The van der Waals surface area contributed by atoms with Crippen LogP contribution >= 0.6 is 0 Å². The summed E-state index contributed by atoms with van der Waals surface area (Å²) < 4.78 is 96.1. The number of para-hydroxylation sites is 1. The van der Waals surface area contributed by atoms with Gasteiger partial charge < -0.3 is 60.1 Å². The minimum atomic E-state index is -4.95. The number of piperidine rings is 2. The van der Waals surface area contributed by atoms with E-state index in [-0.39, 0.29) is 65.2 Å². The van der Waals surface area contributed by atoms with Crippen LogP contribution in [0.4, 0.5) is 67.1 Å². The van der Waals surface area contributed by atoms with Crippen molar-refractivity contribution in [1.82, 2.24) is 29.7 Å². The van der Waals surface area contributed by atoms with Gasteiger partial charge in [-0.05, 0) is 128 Å². The maximum absolute atomic E-state index is 14.4. The van der Waals surface area contributed by atoms with Crippen LogP contribution in [0.2, 0.25) is 0 Å².